The lowest BCUT2D eigenvalue weighted by Gasteiger charge is -2.27. The van der Waals surface area contributed by atoms with E-state index in [1.807, 2.05) is 0 Å². The van der Waals surface area contributed by atoms with Crippen molar-refractivity contribution in [1.82, 2.24) is 4.90 Å². The van der Waals surface area contributed by atoms with E-state index in [1.54, 1.807) is 6.92 Å². The van der Waals surface area contributed by atoms with Crippen LogP contribution in [0.2, 0.25) is 0 Å². The lowest BCUT2D eigenvalue weighted by atomic mass is 10.0. The highest BCUT2D eigenvalue weighted by Gasteiger charge is 2.20. The van der Waals surface area contributed by atoms with E-state index in [-0.39, 0.29) is 23.9 Å². The van der Waals surface area contributed by atoms with E-state index in [1.165, 1.54) is 12.1 Å². The van der Waals surface area contributed by atoms with Crippen molar-refractivity contribution in [3.63, 3.8) is 0 Å². The van der Waals surface area contributed by atoms with Crippen LogP contribution < -0.4 is 5.63 Å². The molecule has 0 bridgehead atoms. The van der Waals surface area contributed by atoms with Crippen molar-refractivity contribution in [2.45, 2.75) is 13.5 Å². The van der Waals surface area contributed by atoms with Crippen molar-refractivity contribution in [1.29, 1.82) is 0 Å². The number of aromatic hydroxyl groups is 2. The summed E-state index contributed by atoms with van der Waals surface area (Å²) in [5.74, 6) is -0.439. The molecule has 120 valence electrons. The SMILES string of the molecule is Cc1cc(=O)oc2c(CN3CCOCC3)c(O)c(O)cc12.Cl. The molecule has 3 rings (SSSR count). The molecule has 1 fully saturated rings. The molecule has 0 saturated carbocycles. The van der Waals surface area contributed by atoms with Gasteiger partial charge in [0.25, 0.3) is 0 Å². The van der Waals surface area contributed by atoms with Crippen molar-refractivity contribution in [3.05, 3.63) is 33.7 Å². The lowest BCUT2D eigenvalue weighted by Crippen LogP contribution is -2.35. The van der Waals surface area contributed by atoms with Crippen molar-refractivity contribution in [2.24, 2.45) is 0 Å². The summed E-state index contributed by atoms with van der Waals surface area (Å²) in [6.45, 7) is 4.88. The number of nitrogens with zero attached hydrogens (tertiary/aromatic N) is 1. The van der Waals surface area contributed by atoms with Crippen LogP contribution in [-0.4, -0.2) is 41.4 Å². The number of phenols is 2. The highest BCUT2D eigenvalue weighted by molar-refractivity contribution is 5.87. The van der Waals surface area contributed by atoms with Gasteiger partial charge in [-0.2, -0.15) is 0 Å². The van der Waals surface area contributed by atoms with Crippen LogP contribution in [-0.2, 0) is 11.3 Å². The summed E-state index contributed by atoms with van der Waals surface area (Å²) in [5.41, 5.74) is 1.02. The summed E-state index contributed by atoms with van der Waals surface area (Å²) in [6, 6.07) is 2.79. The zero-order valence-electron chi connectivity index (χ0n) is 12.2. The molecule has 2 N–H and O–H groups in total. The quantitative estimate of drug-likeness (QED) is 0.646. The smallest absolute Gasteiger partial charge is 0.336 e. The normalized spacial score (nSPS) is 15.7. The average Bonchev–Trinajstić information content (AvgIpc) is 2.46. The highest BCUT2D eigenvalue weighted by atomic mass is 35.5. The standard InChI is InChI=1S/C15H17NO5.ClH/c1-9-6-13(18)21-15-10(9)7-12(17)14(19)11(15)8-16-2-4-20-5-3-16;/h6-7,17,19H,2-5,8H2,1H3;1H. The van der Waals surface area contributed by atoms with Gasteiger partial charge in [-0.3, -0.25) is 4.90 Å². The largest absolute Gasteiger partial charge is 0.504 e. The van der Waals surface area contributed by atoms with E-state index in [4.69, 9.17) is 9.15 Å². The zero-order valence-corrected chi connectivity index (χ0v) is 13.0. The van der Waals surface area contributed by atoms with Crippen LogP contribution in [0.5, 0.6) is 11.5 Å². The highest BCUT2D eigenvalue weighted by Crippen LogP contribution is 2.37. The molecule has 22 heavy (non-hydrogen) atoms. The second-order valence-corrected chi connectivity index (χ2v) is 5.24. The molecule has 1 aromatic heterocycles. The van der Waals surface area contributed by atoms with E-state index in [0.29, 0.717) is 41.9 Å². The van der Waals surface area contributed by atoms with Gasteiger partial charge in [-0.15, -0.1) is 12.4 Å². The Hall–Kier alpha value is -1.76. The van der Waals surface area contributed by atoms with Gasteiger partial charge in [0.1, 0.15) is 5.58 Å². The molecule has 6 nitrogen and oxygen atoms in total. The fraction of sp³-hybridized carbons (Fsp3) is 0.400. The van der Waals surface area contributed by atoms with Crippen LogP contribution in [0.25, 0.3) is 11.0 Å². The molecule has 7 heteroatoms. The van der Waals surface area contributed by atoms with Crippen LogP contribution in [0.3, 0.4) is 0 Å². The van der Waals surface area contributed by atoms with Crippen LogP contribution in [0.1, 0.15) is 11.1 Å². The predicted octanol–water partition coefficient (Wildman–Crippen LogP) is 1.77. The van der Waals surface area contributed by atoms with E-state index in [9.17, 15) is 15.0 Å². The number of phenolic OH excluding ortho intramolecular Hbond substituents is 2. The van der Waals surface area contributed by atoms with Gasteiger partial charge in [-0.1, -0.05) is 0 Å². The van der Waals surface area contributed by atoms with Gasteiger partial charge in [0, 0.05) is 31.1 Å². The number of morpholine rings is 1. The van der Waals surface area contributed by atoms with Crippen molar-refractivity contribution >= 4 is 23.4 Å². The van der Waals surface area contributed by atoms with Gasteiger partial charge in [0.05, 0.1) is 18.8 Å². The molecular formula is C15H18ClNO5. The summed E-state index contributed by atoms with van der Waals surface area (Å²) in [6.07, 6.45) is 0. The Balaban J connectivity index is 0.00000176. The van der Waals surface area contributed by atoms with Crippen molar-refractivity contribution in [2.75, 3.05) is 26.3 Å². The summed E-state index contributed by atoms with van der Waals surface area (Å²) < 4.78 is 10.6. The number of hydrogen-bond donors (Lipinski definition) is 2. The Morgan fingerprint density at radius 2 is 1.91 bits per heavy atom. The van der Waals surface area contributed by atoms with Gasteiger partial charge < -0.3 is 19.4 Å². The topological polar surface area (TPSA) is 83.1 Å². The summed E-state index contributed by atoms with van der Waals surface area (Å²) in [5, 5.41) is 20.7. The van der Waals surface area contributed by atoms with E-state index in [2.05, 4.69) is 4.90 Å². The van der Waals surface area contributed by atoms with Gasteiger partial charge >= 0.3 is 5.63 Å². The Morgan fingerprint density at radius 1 is 1.23 bits per heavy atom. The van der Waals surface area contributed by atoms with Gasteiger partial charge in [0.2, 0.25) is 0 Å². The third kappa shape index (κ3) is 3.04. The molecule has 1 aliphatic rings. The molecule has 2 heterocycles. The number of rotatable bonds is 2. The fourth-order valence-electron chi connectivity index (χ4n) is 2.62. The minimum atomic E-state index is -0.465. The maximum Gasteiger partial charge on any atom is 0.336 e. The third-order valence-corrected chi connectivity index (χ3v) is 3.78. The Labute approximate surface area is 133 Å². The number of ether oxygens (including phenoxy) is 1. The van der Waals surface area contributed by atoms with Crippen LogP contribution in [0.4, 0.5) is 0 Å². The van der Waals surface area contributed by atoms with Gasteiger partial charge in [-0.25, -0.2) is 4.79 Å². The van der Waals surface area contributed by atoms with Crippen molar-refractivity contribution < 1.29 is 19.4 Å². The number of hydrogen-bond acceptors (Lipinski definition) is 6. The first-order valence-electron chi connectivity index (χ1n) is 6.84. The minimum absolute atomic E-state index is 0. The molecule has 1 saturated heterocycles. The zero-order chi connectivity index (χ0) is 15.0. The molecule has 0 unspecified atom stereocenters. The number of halogens is 1. The molecular weight excluding hydrogens is 310 g/mol. The lowest BCUT2D eigenvalue weighted by molar-refractivity contribution is 0.0339. The summed E-state index contributed by atoms with van der Waals surface area (Å²) in [7, 11) is 0. The number of aryl methyl sites for hydroxylation is 1. The first kappa shape index (κ1) is 16.6. The van der Waals surface area contributed by atoms with Crippen LogP contribution >= 0.6 is 12.4 Å². The maximum absolute atomic E-state index is 11.6. The summed E-state index contributed by atoms with van der Waals surface area (Å²) >= 11 is 0. The Bertz CT molecular complexity index is 737. The predicted molar refractivity (Wildman–Crippen MR) is 83.9 cm³/mol. The first-order chi connectivity index (χ1) is 10.1. The van der Waals surface area contributed by atoms with Crippen molar-refractivity contribution in [3.8, 4) is 11.5 Å². The summed E-state index contributed by atoms with van der Waals surface area (Å²) in [4.78, 5) is 13.7. The molecule has 2 aromatic rings. The van der Waals surface area contributed by atoms with Crippen LogP contribution in [0.15, 0.2) is 21.3 Å². The second-order valence-electron chi connectivity index (χ2n) is 5.24. The molecule has 0 atom stereocenters. The minimum Gasteiger partial charge on any atom is -0.504 e. The van der Waals surface area contributed by atoms with E-state index >= 15 is 0 Å². The number of benzene rings is 1. The maximum atomic E-state index is 11.6. The monoisotopic (exact) mass is 327 g/mol. The van der Waals surface area contributed by atoms with E-state index < -0.39 is 5.63 Å². The average molecular weight is 328 g/mol. The number of fused-ring (bicyclic) bond motifs is 1. The first-order valence-corrected chi connectivity index (χ1v) is 6.84. The molecule has 0 spiro atoms. The van der Waals surface area contributed by atoms with Gasteiger partial charge in [-0.05, 0) is 18.6 Å². The Kier molecular flexibility index (Phi) is 4.95. The second kappa shape index (κ2) is 6.56. The molecule has 1 aromatic carbocycles. The fourth-order valence-corrected chi connectivity index (χ4v) is 2.62. The molecule has 1 aliphatic heterocycles. The van der Waals surface area contributed by atoms with Crippen LogP contribution in [0, 0.1) is 6.92 Å². The molecule has 0 radical (unpaired) electrons. The molecule has 0 aliphatic carbocycles. The Morgan fingerprint density at radius 3 is 2.59 bits per heavy atom. The van der Waals surface area contributed by atoms with Gasteiger partial charge in [0.15, 0.2) is 11.5 Å². The molecule has 0 amide bonds. The third-order valence-electron chi connectivity index (χ3n) is 3.78. The van der Waals surface area contributed by atoms with E-state index in [0.717, 1.165) is 13.1 Å².